The van der Waals surface area contributed by atoms with Crippen molar-refractivity contribution in [1.29, 1.82) is 0 Å². The van der Waals surface area contributed by atoms with Gasteiger partial charge in [0.25, 0.3) is 5.56 Å². The number of piperidine rings is 1. The molecule has 1 aliphatic carbocycles. The average molecular weight is 311 g/mol. The Morgan fingerprint density at radius 2 is 2.17 bits per heavy atom. The van der Waals surface area contributed by atoms with Gasteiger partial charge in [-0.05, 0) is 43.7 Å². The van der Waals surface area contributed by atoms with E-state index in [1.165, 1.54) is 6.42 Å². The van der Waals surface area contributed by atoms with Gasteiger partial charge >= 0.3 is 5.69 Å². The molecule has 1 aliphatic heterocycles. The second-order valence-corrected chi connectivity index (χ2v) is 6.50. The van der Waals surface area contributed by atoms with Crippen LogP contribution in [0.4, 0.5) is 5.69 Å². The first kappa shape index (κ1) is 14.3. The molecule has 5 nitrogen and oxygen atoms in total. The Kier molecular flexibility index (Phi) is 3.36. The zero-order valence-corrected chi connectivity index (χ0v) is 13.3. The highest BCUT2D eigenvalue weighted by atomic mass is 16.2. The Bertz CT molecular complexity index is 893. The normalized spacial score (nSPS) is 23.4. The minimum atomic E-state index is -0.334. The van der Waals surface area contributed by atoms with Crippen molar-refractivity contribution in [3.63, 3.8) is 0 Å². The summed E-state index contributed by atoms with van der Waals surface area (Å²) in [6, 6.07) is 5.81. The van der Waals surface area contributed by atoms with Crippen LogP contribution < -0.4 is 16.1 Å². The van der Waals surface area contributed by atoms with Crippen LogP contribution in [0, 0.1) is 11.8 Å². The van der Waals surface area contributed by atoms with Crippen LogP contribution in [0.1, 0.15) is 19.8 Å². The van der Waals surface area contributed by atoms with E-state index in [1.54, 1.807) is 4.57 Å². The minimum Gasteiger partial charge on any atom is -0.370 e. The Morgan fingerprint density at radius 1 is 1.30 bits per heavy atom. The molecule has 0 saturated carbocycles. The molecule has 2 aliphatic rings. The molecule has 4 rings (SSSR count). The summed E-state index contributed by atoms with van der Waals surface area (Å²) in [5.74, 6) is 1.34. The number of aromatic nitrogens is 2. The van der Waals surface area contributed by atoms with Gasteiger partial charge in [0, 0.05) is 19.6 Å². The third-order valence-corrected chi connectivity index (χ3v) is 5.29. The van der Waals surface area contributed by atoms with Crippen LogP contribution in [0.3, 0.4) is 0 Å². The Hall–Kier alpha value is -2.30. The van der Waals surface area contributed by atoms with Gasteiger partial charge in [-0.15, -0.1) is 0 Å². The molecule has 1 N–H and O–H groups in total. The first-order valence-electron chi connectivity index (χ1n) is 8.36. The highest BCUT2D eigenvalue weighted by Gasteiger charge is 2.30. The summed E-state index contributed by atoms with van der Waals surface area (Å²) in [4.78, 5) is 29.2. The van der Waals surface area contributed by atoms with Crippen molar-refractivity contribution in [3.05, 3.63) is 51.2 Å². The lowest BCUT2D eigenvalue weighted by atomic mass is 9.88. The Morgan fingerprint density at radius 3 is 3.00 bits per heavy atom. The minimum absolute atomic E-state index is 0.283. The summed E-state index contributed by atoms with van der Waals surface area (Å²) >= 11 is 0. The van der Waals surface area contributed by atoms with Crippen molar-refractivity contribution in [2.75, 3.05) is 18.0 Å². The van der Waals surface area contributed by atoms with Crippen LogP contribution in [0.25, 0.3) is 10.9 Å². The molecule has 1 aromatic heterocycles. The van der Waals surface area contributed by atoms with Crippen molar-refractivity contribution in [2.24, 2.45) is 11.8 Å². The van der Waals surface area contributed by atoms with Crippen molar-refractivity contribution in [2.45, 2.75) is 26.3 Å². The number of nitrogens with zero attached hydrogens (tertiary/aromatic N) is 2. The fraction of sp³-hybridized carbons (Fsp3) is 0.444. The predicted molar refractivity (Wildman–Crippen MR) is 92.1 cm³/mol. The number of anilines is 1. The number of aromatic amines is 1. The van der Waals surface area contributed by atoms with E-state index >= 15 is 0 Å². The number of hydrogen-bond donors (Lipinski definition) is 1. The van der Waals surface area contributed by atoms with E-state index in [0.29, 0.717) is 17.8 Å². The number of nitrogens with one attached hydrogen (secondary N) is 1. The summed E-state index contributed by atoms with van der Waals surface area (Å²) in [7, 11) is 0. The average Bonchev–Trinajstić information content (AvgIpc) is 3.02. The summed E-state index contributed by atoms with van der Waals surface area (Å²) in [5, 5.41) is 0.634. The van der Waals surface area contributed by atoms with Gasteiger partial charge in [0.05, 0.1) is 16.6 Å². The molecule has 2 heterocycles. The maximum absolute atomic E-state index is 12.4. The van der Waals surface area contributed by atoms with Crippen LogP contribution in [0.2, 0.25) is 0 Å². The lowest BCUT2D eigenvalue weighted by Gasteiger charge is -2.36. The summed E-state index contributed by atoms with van der Waals surface area (Å²) in [6.07, 6.45) is 6.93. The maximum Gasteiger partial charge on any atom is 0.328 e. The molecule has 0 unspecified atom stereocenters. The molecule has 0 amide bonds. The summed E-state index contributed by atoms with van der Waals surface area (Å²) in [5.41, 5.74) is 1.06. The standard InChI is InChI=1S/C18H21N3O2/c1-2-21-15-8-4-7-14(16(15)17(22)19-18(21)23)20-10-9-12-5-3-6-13(12)11-20/h3-4,6-8,12-13H,2,5,9-11H2,1H3,(H,19,22,23)/t12-,13+/m1/s1. The number of allylic oxidation sites excluding steroid dienone is 1. The maximum atomic E-state index is 12.4. The van der Waals surface area contributed by atoms with Crippen LogP contribution in [0.5, 0.6) is 0 Å². The number of fused-ring (bicyclic) bond motifs is 2. The lowest BCUT2D eigenvalue weighted by molar-refractivity contribution is 0.352. The molecular formula is C18H21N3O2. The number of benzene rings is 1. The molecule has 0 bridgehead atoms. The quantitative estimate of drug-likeness (QED) is 0.864. The smallest absolute Gasteiger partial charge is 0.328 e. The summed E-state index contributed by atoms with van der Waals surface area (Å²) in [6.45, 7) is 4.38. The van der Waals surface area contributed by atoms with Crippen molar-refractivity contribution in [3.8, 4) is 0 Å². The largest absolute Gasteiger partial charge is 0.370 e. The van der Waals surface area contributed by atoms with Crippen LogP contribution in [0.15, 0.2) is 39.9 Å². The van der Waals surface area contributed by atoms with Gasteiger partial charge in [-0.25, -0.2) is 4.79 Å². The first-order chi connectivity index (χ1) is 11.2. The molecule has 1 saturated heterocycles. The fourth-order valence-electron chi connectivity index (χ4n) is 4.09. The highest BCUT2D eigenvalue weighted by molar-refractivity contribution is 5.91. The lowest BCUT2D eigenvalue weighted by Crippen LogP contribution is -2.39. The van der Waals surface area contributed by atoms with Crippen molar-refractivity contribution >= 4 is 16.6 Å². The van der Waals surface area contributed by atoms with Crippen LogP contribution in [-0.2, 0) is 6.54 Å². The molecule has 120 valence electrons. The molecule has 5 heteroatoms. The molecule has 1 aromatic carbocycles. The van der Waals surface area contributed by atoms with Crippen molar-refractivity contribution < 1.29 is 0 Å². The van der Waals surface area contributed by atoms with E-state index in [9.17, 15) is 9.59 Å². The van der Waals surface area contributed by atoms with Gasteiger partial charge in [0.1, 0.15) is 0 Å². The first-order valence-corrected chi connectivity index (χ1v) is 8.36. The van der Waals surface area contributed by atoms with Gasteiger partial charge in [-0.1, -0.05) is 18.2 Å². The van der Waals surface area contributed by atoms with Crippen molar-refractivity contribution in [1.82, 2.24) is 9.55 Å². The molecule has 0 radical (unpaired) electrons. The number of H-pyrrole nitrogens is 1. The van der Waals surface area contributed by atoms with Crippen LogP contribution >= 0.6 is 0 Å². The van der Waals surface area contributed by atoms with E-state index < -0.39 is 0 Å². The van der Waals surface area contributed by atoms with E-state index in [4.69, 9.17) is 0 Å². The van der Waals surface area contributed by atoms with Gasteiger partial charge in [-0.3, -0.25) is 14.3 Å². The molecule has 23 heavy (non-hydrogen) atoms. The molecule has 2 atom stereocenters. The van der Waals surface area contributed by atoms with E-state index in [0.717, 1.165) is 36.6 Å². The zero-order valence-electron chi connectivity index (χ0n) is 13.3. The number of hydrogen-bond acceptors (Lipinski definition) is 3. The number of aryl methyl sites for hydroxylation is 1. The monoisotopic (exact) mass is 311 g/mol. The second kappa shape index (κ2) is 5.41. The molecule has 2 aromatic rings. The Labute approximate surface area is 134 Å². The molecule has 0 spiro atoms. The van der Waals surface area contributed by atoms with Gasteiger partial charge in [0.15, 0.2) is 0 Å². The topological polar surface area (TPSA) is 58.1 Å². The predicted octanol–water partition coefficient (Wildman–Crippen LogP) is 2.11. The van der Waals surface area contributed by atoms with Crippen LogP contribution in [-0.4, -0.2) is 22.6 Å². The van der Waals surface area contributed by atoms with E-state index in [2.05, 4.69) is 22.0 Å². The highest BCUT2D eigenvalue weighted by Crippen LogP contribution is 2.36. The number of rotatable bonds is 2. The third-order valence-electron chi connectivity index (χ3n) is 5.29. The summed E-state index contributed by atoms with van der Waals surface area (Å²) < 4.78 is 1.63. The van der Waals surface area contributed by atoms with E-state index in [1.807, 2.05) is 25.1 Å². The SMILES string of the molecule is CCn1c(=O)[nH]c(=O)c2c(N3CC[C@H]4CC=C[C@H]4C3)cccc21. The fourth-order valence-corrected chi connectivity index (χ4v) is 4.09. The van der Waals surface area contributed by atoms with Gasteiger partial charge in [-0.2, -0.15) is 0 Å². The van der Waals surface area contributed by atoms with Gasteiger partial charge < -0.3 is 4.90 Å². The Balaban J connectivity index is 1.86. The van der Waals surface area contributed by atoms with Gasteiger partial charge in [0.2, 0.25) is 0 Å². The molecular weight excluding hydrogens is 290 g/mol. The third kappa shape index (κ3) is 2.22. The zero-order chi connectivity index (χ0) is 16.0. The second-order valence-electron chi connectivity index (χ2n) is 6.50. The molecule has 1 fully saturated rings. The van der Waals surface area contributed by atoms with E-state index in [-0.39, 0.29) is 11.2 Å².